The molecule has 1 saturated heterocycles. The average molecular weight is 402 g/mol. The average Bonchev–Trinajstić information content (AvgIpc) is 2.86. The topological polar surface area (TPSA) is 111 Å². The second-order valence-corrected chi connectivity index (χ2v) is 8.14. The van der Waals surface area contributed by atoms with Gasteiger partial charge in [-0.25, -0.2) is 9.59 Å². The highest BCUT2D eigenvalue weighted by molar-refractivity contribution is 6.00. The Kier molecular flexibility index (Phi) is 5.50. The number of carbonyl (C=O) groups is 3. The summed E-state index contributed by atoms with van der Waals surface area (Å²) >= 11 is 0. The van der Waals surface area contributed by atoms with Crippen molar-refractivity contribution >= 4 is 28.9 Å². The molecule has 0 spiro atoms. The fraction of sp³-hybridized carbons (Fsp3) is 0.500. The number of nitrogens with zero attached hydrogens (tertiary/aromatic N) is 2. The Morgan fingerprint density at radius 3 is 2.66 bits per heavy atom. The van der Waals surface area contributed by atoms with Crippen LogP contribution in [0.1, 0.15) is 45.2 Å². The van der Waals surface area contributed by atoms with Gasteiger partial charge >= 0.3 is 11.8 Å². The summed E-state index contributed by atoms with van der Waals surface area (Å²) in [5.74, 6) is -0.790. The number of ether oxygens (including phenoxy) is 1. The van der Waals surface area contributed by atoms with E-state index in [1.807, 2.05) is 12.1 Å². The van der Waals surface area contributed by atoms with E-state index < -0.39 is 23.6 Å². The summed E-state index contributed by atoms with van der Waals surface area (Å²) in [7, 11) is 1.65. The third-order valence-electron chi connectivity index (χ3n) is 4.77. The van der Waals surface area contributed by atoms with Crippen LogP contribution in [0, 0.1) is 0 Å². The number of para-hydroxylation sites is 1. The number of imidazole rings is 1. The van der Waals surface area contributed by atoms with Crippen molar-refractivity contribution in [1.29, 1.82) is 0 Å². The Labute approximate surface area is 168 Å². The molecule has 1 aliphatic heterocycles. The lowest BCUT2D eigenvalue weighted by Gasteiger charge is -2.22. The number of hydrogen-bond acceptors (Lipinski definition) is 5. The van der Waals surface area contributed by atoms with E-state index >= 15 is 0 Å². The van der Waals surface area contributed by atoms with Crippen LogP contribution >= 0.6 is 0 Å². The lowest BCUT2D eigenvalue weighted by molar-refractivity contribution is -0.135. The SMILES string of the molecule is Cn1c(=O)n(C2CCC(=O)NC2=O)c2cccc(CCNC(=O)OC(C)(C)C)c21. The quantitative estimate of drug-likeness (QED) is 0.751. The number of alkyl carbamates (subject to hydrolysis) is 1. The van der Waals surface area contributed by atoms with Crippen LogP contribution in [0.25, 0.3) is 11.0 Å². The maximum Gasteiger partial charge on any atom is 0.407 e. The van der Waals surface area contributed by atoms with Crippen LogP contribution in [0.5, 0.6) is 0 Å². The zero-order valence-electron chi connectivity index (χ0n) is 17.1. The Balaban J connectivity index is 1.86. The van der Waals surface area contributed by atoms with Gasteiger partial charge in [0.25, 0.3) is 0 Å². The minimum atomic E-state index is -0.723. The summed E-state index contributed by atoms with van der Waals surface area (Å²) < 4.78 is 8.18. The molecule has 156 valence electrons. The molecule has 1 unspecified atom stereocenters. The Morgan fingerprint density at radius 2 is 2.00 bits per heavy atom. The number of benzene rings is 1. The second kappa shape index (κ2) is 7.73. The first-order chi connectivity index (χ1) is 13.6. The normalized spacial score (nSPS) is 17.3. The largest absolute Gasteiger partial charge is 0.444 e. The molecular weight excluding hydrogens is 376 g/mol. The minimum absolute atomic E-state index is 0.193. The maximum absolute atomic E-state index is 12.9. The van der Waals surface area contributed by atoms with Crippen molar-refractivity contribution < 1.29 is 19.1 Å². The molecule has 3 rings (SSSR count). The van der Waals surface area contributed by atoms with Gasteiger partial charge in [0.15, 0.2) is 0 Å². The number of imide groups is 1. The summed E-state index contributed by atoms with van der Waals surface area (Å²) in [6.45, 7) is 5.72. The van der Waals surface area contributed by atoms with E-state index in [-0.39, 0.29) is 24.4 Å². The maximum atomic E-state index is 12.9. The summed E-state index contributed by atoms with van der Waals surface area (Å²) in [5, 5.41) is 5.01. The van der Waals surface area contributed by atoms with E-state index in [1.165, 1.54) is 9.13 Å². The van der Waals surface area contributed by atoms with Crippen LogP contribution in [0.15, 0.2) is 23.0 Å². The highest BCUT2D eigenvalue weighted by Gasteiger charge is 2.31. The van der Waals surface area contributed by atoms with E-state index in [0.717, 1.165) is 5.56 Å². The molecule has 2 heterocycles. The van der Waals surface area contributed by atoms with Crippen molar-refractivity contribution in [3.05, 3.63) is 34.2 Å². The van der Waals surface area contributed by atoms with Gasteiger partial charge < -0.3 is 10.1 Å². The van der Waals surface area contributed by atoms with Crippen molar-refractivity contribution in [3.8, 4) is 0 Å². The third kappa shape index (κ3) is 4.33. The van der Waals surface area contributed by atoms with Gasteiger partial charge in [-0.05, 0) is 45.2 Å². The van der Waals surface area contributed by atoms with Gasteiger partial charge in [-0.1, -0.05) is 12.1 Å². The first-order valence-corrected chi connectivity index (χ1v) is 9.58. The molecule has 1 atom stereocenters. The van der Waals surface area contributed by atoms with Gasteiger partial charge in [-0.3, -0.25) is 24.0 Å². The summed E-state index contributed by atoms with van der Waals surface area (Å²) in [6.07, 6.45) is 0.468. The number of amides is 3. The molecule has 2 N–H and O–H groups in total. The molecule has 3 amide bonds. The van der Waals surface area contributed by atoms with Gasteiger partial charge in [0.1, 0.15) is 11.6 Å². The molecular formula is C20H26N4O5. The highest BCUT2D eigenvalue weighted by atomic mass is 16.6. The summed E-state index contributed by atoms with van der Waals surface area (Å²) in [5.41, 5.74) is 1.30. The van der Waals surface area contributed by atoms with Crippen LogP contribution < -0.4 is 16.3 Å². The van der Waals surface area contributed by atoms with Crippen LogP contribution in [0.4, 0.5) is 4.79 Å². The zero-order valence-corrected chi connectivity index (χ0v) is 17.1. The first-order valence-electron chi connectivity index (χ1n) is 9.58. The lowest BCUT2D eigenvalue weighted by atomic mass is 10.1. The molecule has 2 aromatic rings. The fourth-order valence-corrected chi connectivity index (χ4v) is 3.56. The van der Waals surface area contributed by atoms with Crippen molar-refractivity contribution in [2.24, 2.45) is 7.05 Å². The van der Waals surface area contributed by atoms with Crippen LogP contribution in [-0.4, -0.2) is 39.2 Å². The standard InChI is InChI=1S/C20H26N4O5/c1-20(2,3)29-18(27)21-11-10-12-6-5-7-13-16(12)23(4)19(28)24(13)14-8-9-15(25)22-17(14)26/h5-7,14H,8-11H2,1-4H3,(H,21,27)(H,22,25,26). The van der Waals surface area contributed by atoms with Gasteiger partial charge in [-0.15, -0.1) is 0 Å². The number of piperidine rings is 1. The van der Waals surface area contributed by atoms with E-state index in [1.54, 1.807) is 33.9 Å². The number of aryl methyl sites for hydroxylation is 1. The van der Waals surface area contributed by atoms with Crippen molar-refractivity contribution in [1.82, 2.24) is 19.8 Å². The third-order valence-corrected chi connectivity index (χ3v) is 4.77. The number of carbonyl (C=O) groups excluding carboxylic acids is 3. The molecule has 9 heteroatoms. The van der Waals surface area contributed by atoms with E-state index in [2.05, 4.69) is 10.6 Å². The monoisotopic (exact) mass is 402 g/mol. The molecule has 29 heavy (non-hydrogen) atoms. The molecule has 0 saturated carbocycles. The van der Waals surface area contributed by atoms with Crippen LogP contribution in [0.2, 0.25) is 0 Å². The van der Waals surface area contributed by atoms with Gasteiger partial charge in [0.05, 0.1) is 11.0 Å². The van der Waals surface area contributed by atoms with Gasteiger partial charge in [0, 0.05) is 20.0 Å². The van der Waals surface area contributed by atoms with Crippen LogP contribution in [-0.2, 0) is 27.8 Å². The molecule has 0 radical (unpaired) electrons. The molecule has 1 fully saturated rings. The molecule has 1 aromatic carbocycles. The molecule has 0 aliphatic carbocycles. The molecule has 0 bridgehead atoms. The number of nitrogens with one attached hydrogen (secondary N) is 2. The van der Waals surface area contributed by atoms with Crippen LogP contribution in [0.3, 0.4) is 0 Å². The van der Waals surface area contributed by atoms with Crippen molar-refractivity contribution in [2.75, 3.05) is 6.54 Å². The van der Waals surface area contributed by atoms with E-state index in [4.69, 9.17) is 4.74 Å². The summed E-state index contributed by atoms with van der Waals surface area (Å²) in [6, 6.07) is 4.75. The molecule has 1 aliphatic rings. The number of hydrogen-bond donors (Lipinski definition) is 2. The van der Waals surface area contributed by atoms with E-state index in [0.29, 0.717) is 24.0 Å². The second-order valence-electron chi connectivity index (χ2n) is 8.14. The molecule has 1 aromatic heterocycles. The number of rotatable bonds is 4. The fourth-order valence-electron chi connectivity index (χ4n) is 3.56. The predicted octanol–water partition coefficient (Wildman–Crippen LogP) is 1.38. The Hall–Kier alpha value is -3.10. The number of fused-ring (bicyclic) bond motifs is 1. The zero-order chi connectivity index (χ0) is 21.3. The first kappa shape index (κ1) is 20.6. The smallest absolute Gasteiger partial charge is 0.407 e. The Bertz CT molecular complexity index is 1030. The van der Waals surface area contributed by atoms with Gasteiger partial charge in [0.2, 0.25) is 11.8 Å². The van der Waals surface area contributed by atoms with Crippen molar-refractivity contribution in [2.45, 2.75) is 51.7 Å². The minimum Gasteiger partial charge on any atom is -0.444 e. The highest BCUT2D eigenvalue weighted by Crippen LogP contribution is 2.25. The predicted molar refractivity (Wildman–Crippen MR) is 107 cm³/mol. The van der Waals surface area contributed by atoms with E-state index in [9.17, 15) is 19.2 Å². The van der Waals surface area contributed by atoms with Gasteiger partial charge in [-0.2, -0.15) is 0 Å². The Morgan fingerprint density at radius 1 is 1.28 bits per heavy atom. The summed E-state index contributed by atoms with van der Waals surface area (Å²) in [4.78, 5) is 48.5. The number of aromatic nitrogens is 2. The lowest BCUT2D eigenvalue weighted by Crippen LogP contribution is -2.44. The molecule has 9 nitrogen and oxygen atoms in total. The van der Waals surface area contributed by atoms with Crippen molar-refractivity contribution in [3.63, 3.8) is 0 Å².